The van der Waals surface area contributed by atoms with Gasteiger partial charge in [0, 0.05) is 6.54 Å². The molecule has 0 unspecified atom stereocenters. The van der Waals surface area contributed by atoms with Crippen LogP contribution in [0.2, 0.25) is 0 Å². The lowest BCUT2D eigenvalue weighted by molar-refractivity contribution is 0.142. The summed E-state index contributed by atoms with van der Waals surface area (Å²) in [6.45, 7) is 3.09. The molecule has 1 aliphatic heterocycles. The van der Waals surface area contributed by atoms with E-state index in [1.54, 1.807) is 0 Å². The van der Waals surface area contributed by atoms with Gasteiger partial charge in [-0.15, -0.1) is 0 Å². The average molecular weight is 362 g/mol. The predicted octanol–water partition coefficient (Wildman–Crippen LogP) is 4.07. The molecule has 0 saturated carbocycles. The molecule has 0 bridgehead atoms. The first-order valence-electron chi connectivity index (χ1n) is 9.64. The van der Waals surface area contributed by atoms with Crippen LogP contribution >= 0.6 is 0 Å². The van der Waals surface area contributed by atoms with Crippen molar-refractivity contribution in [1.82, 2.24) is 5.32 Å². The quantitative estimate of drug-likeness (QED) is 0.502. The lowest BCUT2D eigenvalue weighted by Crippen LogP contribution is -2.30. The number of hydrogen-bond donors (Lipinski definition) is 1. The molecule has 1 saturated heterocycles. The third-order valence-corrected chi connectivity index (χ3v) is 6.43. The van der Waals surface area contributed by atoms with Gasteiger partial charge >= 0.3 is 6.09 Å². The average Bonchev–Trinajstić information content (AvgIpc) is 2.90. The van der Waals surface area contributed by atoms with Crippen LogP contribution in [0.15, 0.2) is 0 Å². The number of carbonyl (C=O) groups excluding carboxylic acids is 1. The van der Waals surface area contributed by atoms with Crippen LogP contribution in [-0.2, 0) is 14.6 Å². The number of amides is 1. The second-order valence-electron chi connectivity index (χ2n) is 6.97. The Labute approximate surface area is 147 Å². The van der Waals surface area contributed by atoms with Crippen molar-refractivity contribution in [2.24, 2.45) is 5.92 Å². The number of sulfone groups is 1. The van der Waals surface area contributed by atoms with Gasteiger partial charge in [0.1, 0.15) is 0 Å². The Morgan fingerprint density at radius 1 is 1.00 bits per heavy atom. The van der Waals surface area contributed by atoms with Crippen molar-refractivity contribution >= 4 is 15.9 Å². The third kappa shape index (κ3) is 10.9. The number of alkyl carbamates (subject to hydrolysis) is 1. The van der Waals surface area contributed by atoms with Gasteiger partial charge < -0.3 is 10.1 Å². The predicted molar refractivity (Wildman–Crippen MR) is 98.0 cm³/mol. The van der Waals surface area contributed by atoms with Crippen molar-refractivity contribution < 1.29 is 17.9 Å². The van der Waals surface area contributed by atoms with Crippen molar-refractivity contribution in [3.63, 3.8) is 0 Å². The highest BCUT2D eigenvalue weighted by Crippen LogP contribution is 2.17. The Morgan fingerprint density at radius 2 is 1.58 bits per heavy atom. The fraction of sp³-hybridized carbons (Fsp3) is 0.944. The smallest absolute Gasteiger partial charge is 0.407 e. The summed E-state index contributed by atoms with van der Waals surface area (Å²) in [5.41, 5.74) is 0. The van der Waals surface area contributed by atoms with Gasteiger partial charge in [0.05, 0.1) is 18.1 Å². The third-order valence-electron chi connectivity index (χ3n) is 4.59. The molecular weight excluding hydrogens is 326 g/mol. The van der Waals surface area contributed by atoms with E-state index < -0.39 is 15.9 Å². The number of ether oxygens (including phenoxy) is 1. The van der Waals surface area contributed by atoms with Gasteiger partial charge in [-0.05, 0) is 18.8 Å². The van der Waals surface area contributed by atoms with Gasteiger partial charge in [-0.3, -0.25) is 0 Å². The van der Waals surface area contributed by atoms with Gasteiger partial charge in [-0.25, -0.2) is 13.2 Å². The van der Waals surface area contributed by atoms with Gasteiger partial charge in [-0.2, -0.15) is 0 Å². The zero-order valence-electron chi connectivity index (χ0n) is 15.2. The van der Waals surface area contributed by atoms with E-state index in [0.717, 1.165) is 12.8 Å². The normalized spacial score (nSPS) is 19.3. The second kappa shape index (κ2) is 12.6. The summed E-state index contributed by atoms with van der Waals surface area (Å²) in [5.74, 6) is 0.471. The molecule has 142 valence electrons. The highest BCUT2D eigenvalue weighted by atomic mass is 32.2. The second-order valence-corrected chi connectivity index (χ2v) is 9.20. The van der Waals surface area contributed by atoms with Gasteiger partial charge in [-0.1, -0.05) is 64.7 Å². The van der Waals surface area contributed by atoms with Crippen molar-refractivity contribution in [3.05, 3.63) is 0 Å². The molecule has 1 N–H and O–H groups in total. The van der Waals surface area contributed by atoms with E-state index >= 15 is 0 Å². The highest BCUT2D eigenvalue weighted by molar-refractivity contribution is 7.91. The van der Waals surface area contributed by atoms with Crippen LogP contribution in [0.25, 0.3) is 0 Å². The van der Waals surface area contributed by atoms with Crippen molar-refractivity contribution in [3.8, 4) is 0 Å². The van der Waals surface area contributed by atoms with E-state index in [2.05, 4.69) is 12.2 Å². The minimum Gasteiger partial charge on any atom is -0.450 e. The summed E-state index contributed by atoms with van der Waals surface area (Å²) in [5, 5.41) is 2.67. The maximum absolute atomic E-state index is 11.5. The number of unbranched alkanes of at least 4 members (excludes halogenated alkanes) is 9. The molecule has 0 aromatic rings. The molecule has 0 aromatic heterocycles. The standard InChI is InChI=1S/C18H35NO4S/c1-2-3-4-5-6-7-8-9-10-11-13-23-18(20)19-15-17-12-14-24(21,22)16-17/h17H,2-16H2,1H3,(H,19,20)/t17-/m0/s1. The molecule has 0 aromatic carbocycles. The summed E-state index contributed by atoms with van der Waals surface area (Å²) >= 11 is 0. The summed E-state index contributed by atoms with van der Waals surface area (Å²) in [6.07, 6.45) is 12.7. The van der Waals surface area contributed by atoms with Crippen LogP contribution in [0.1, 0.15) is 77.6 Å². The summed E-state index contributed by atoms with van der Waals surface area (Å²) in [7, 11) is -2.87. The van der Waals surface area contributed by atoms with E-state index in [-0.39, 0.29) is 17.4 Å². The highest BCUT2D eigenvalue weighted by Gasteiger charge is 2.27. The summed E-state index contributed by atoms with van der Waals surface area (Å²) < 4.78 is 27.8. The fourth-order valence-electron chi connectivity index (χ4n) is 3.07. The maximum Gasteiger partial charge on any atom is 0.407 e. The van der Waals surface area contributed by atoms with E-state index in [4.69, 9.17) is 4.74 Å². The molecule has 1 rings (SSSR count). The number of nitrogens with one attached hydrogen (secondary N) is 1. The topological polar surface area (TPSA) is 72.5 Å². The first-order valence-corrected chi connectivity index (χ1v) is 11.5. The van der Waals surface area contributed by atoms with Crippen LogP contribution in [-0.4, -0.2) is 39.2 Å². The molecule has 1 amide bonds. The Kier molecular flexibility index (Phi) is 11.1. The first kappa shape index (κ1) is 21.3. The Hall–Kier alpha value is -0.780. The molecular formula is C18H35NO4S. The van der Waals surface area contributed by atoms with Gasteiger partial charge in [0.25, 0.3) is 0 Å². The molecule has 24 heavy (non-hydrogen) atoms. The minimum absolute atomic E-state index is 0.0416. The molecule has 1 fully saturated rings. The van der Waals surface area contributed by atoms with E-state index in [9.17, 15) is 13.2 Å². The lowest BCUT2D eigenvalue weighted by Gasteiger charge is -2.10. The SMILES string of the molecule is CCCCCCCCCCCCOC(=O)NC[C@@H]1CCS(=O)(=O)C1. The molecule has 1 aliphatic rings. The van der Waals surface area contributed by atoms with E-state index in [1.807, 2.05) is 0 Å². The molecule has 0 aliphatic carbocycles. The maximum atomic E-state index is 11.5. The van der Waals surface area contributed by atoms with Crippen molar-refractivity contribution in [1.29, 1.82) is 0 Å². The largest absolute Gasteiger partial charge is 0.450 e. The fourth-order valence-corrected chi connectivity index (χ4v) is 4.93. The Morgan fingerprint density at radius 3 is 2.12 bits per heavy atom. The van der Waals surface area contributed by atoms with Crippen molar-refractivity contribution in [2.75, 3.05) is 24.7 Å². The van der Waals surface area contributed by atoms with Crippen LogP contribution in [0.3, 0.4) is 0 Å². The number of hydrogen-bond acceptors (Lipinski definition) is 4. The Bertz CT molecular complexity index is 436. The first-order chi connectivity index (χ1) is 11.5. The monoisotopic (exact) mass is 361 g/mol. The summed E-state index contributed by atoms with van der Waals surface area (Å²) in [6, 6.07) is 0. The van der Waals surface area contributed by atoms with E-state index in [0.29, 0.717) is 19.6 Å². The van der Waals surface area contributed by atoms with Crippen LogP contribution in [0.5, 0.6) is 0 Å². The molecule has 1 heterocycles. The molecule has 0 spiro atoms. The van der Waals surface area contributed by atoms with Gasteiger partial charge in [0.15, 0.2) is 9.84 Å². The van der Waals surface area contributed by atoms with Crippen LogP contribution in [0, 0.1) is 5.92 Å². The lowest BCUT2D eigenvalue weighted by atomic mass is 10.1. The van der Waals surface area contributed by atoms with Crippen molar-refractivity contribution in [2.45, 2.75) is 77.6 Å². The summed E-state index contributed by atoms with van der Waals surface area (Å²) in [4.78, 5) is 11.5. The van der Waals surface area contributed by atoms with E-state index in [1.165, 1.54) is 51.4 Å². The molecule has 1 atom stereocenters. The zero-order valence-corrected chi connectivity index (χ0v) is 16.0. The van der Waals surface area contributed by atoms with Gasteiger partial charge in [0.2, 0.25) is 0 Å². The molecule has 5 nitrogen and oxygen atoms in total. The zero-order chi connectivity index (χ0) is 17.7. The number of rotatable bonds is 13. The van der Waals surface area contributed by atoms with Crippen LogP contribution in [0.4, 0.5) is 4.79 Å². The van der Waals surface area contributed by atoms with Crippen LogP contribution < -0.4 is 5.32 Å². The molecule has 6 heteroatoms. The minimum atomic E-state index is -2.87. The molecule has 0 radical (unpaired) electrons. The Balaban J connectivity index is 1.84. The number of carbonyl (C=O) groups is 1.